The van der Waals surface area contributed by atoms with Gasteiger partial charge in [0.05, 0.1) is 6.20 Å². The highest BCUT2D eigenvalue weighted by Crippen LogP contribution is 2.34. The van der Waals surface area contributed by atoms with E-state index in [1.54, 1.807) is 0 Å². The smallest absolute Gasteiger partial charge is 0.242 e. The van der Waals surface area contributed by atoms with Crippen LogP contribution in [0.1, 0.15) is 0 Å². The van der Waals surface area contributed by atoms with Crippen molar-refractivity contribution in [3.63, 3.8) is 0 Å². The summed E-state index contributed by atoms with van der Waals surface area (Å²) in [5.74, 6) is 0.889. The van der Waals surface area contributed by atoms with E-state index in [0.29, 0.717) is 10.8 Å². The van der Waals surface area contributed by atoms with Crippen LogP contribution < -0.4 is 4.74 Å². The zero-order chi connectivity index (χ0) is 14.7. The zero-order valence-electron chi connectivity index (χ0n) is 10.8. The predicted octanol–water partition coefficient (Wildman–Crippen LogP) is 5.24. The molecule has 0 amide bonds. The summed E-state index contributed by atoms with van der Waals surface area (Å²) in [7, 11) is 0. The van der Waals surface area contributed by atoms with Crippen molar-refractivity contribution < 1.29 is 4.74 Å². The molecular formula is C16H10Cl2N2O. The number of benzene rings is 2. The van der Waals surface area contributed by atoms with Gasteiger partial charge in [0, 0.05) is 5.56 Å². The summed E-state index contributed by atoms with van der Waals surface area (Å²) in [6, 6.07) is 17.6. The van der Waals surface area contributed by atoms with Crippen molar-refractivity contribution in [2.24, 2.45) is 0 Å². The van der Waals surface area contributed by atoms with Crippen LogP contribution in [0.25, 0.3) is 11.1 Å². The topological polar surface area (TPSA) is 35.0 Å². The van der Waals surface area contributed by atoms with Crippen LogP contribution >= 0.6 is 23.2 Å². The molecule has 104 valence electrons. The van der Waals surface area contributed by atoms with Gasteiger partial charge in [0.2, 0.25) is 11.2 Å². The van der Waals surface area contributed by atoms with Gasteiger partial charge in [0.25, 0.3) is 0 Å². The summed E-state index contributed by atoms with van der Waals surface area (Å²) in [6.45, 7) is 0. The lowest BCUT2D eigenvalue weighted by atomic mass is 10.1. The minimum atomic E-state index is 0.0894. The number of rotatable bonds is 3. The summed E-state index contributed by atoms with van der Waals surface area (Å²) in [4.78, 5) is 7.81. The molecule has 3 aromatic rings. The van der Waals surface area contributed by atoms with E-state index in [4.69, 9.17) is 27.9 Å². The fraction of sp³-hybridized carbons (Fsp3) is 0. The molecule has 0 aliphatic carbocycles. The Hall–Kier alpha value is -2.10. The fourth-order valence-electron chi connectivity index (χ4n) is 1.92. The number of aromatic nitrogens is 2. The Balaban J connectivity index is 2.02. The number of para-hydroxylation sites is 1. The summed E-state index contributed by atoms with van der Waals surface area (Å²) in [5.41, 5.74) is 1.99. The molecule has 0 saturated heterocycles. The number of hydrogen-bond acceptors (Lipinski definition) is 3. The molecule has 0 aliphatic heterocycles. The fourth-order valence-corrected chi connectivity index (χ4v) is 2.17. The van der Waals surface area contributed by atoms with E-state index < -0.39 is 0 Å². The molecule has 0 bridgehead atoms. The highest BCUT2D eigenvalue weighted by molar-refractivity contribution is 6.32. The van der Waals surface area contributed by atoms with Gasteiger partial charge in [-0.15, -0.1) is 0 Å². The van der Waals surface area contributed by atoms with Gasteiger partial charge in [-0.2, -0.15) is 4.98 Å². The van der Waals surface area contributed by atoms with Crippen LogP contribution in [0, 0.1) is 0 Å². The summed E-state index contributed by atoms with van der Waals surface area (Å²) < 4.78 is 5.81. The third-order valence-corrected chi connectivity index (χ3v) is 3.30. The van der Waals surface area contributed by atoms with Crippen LogP contribution in [0.2, 0.25) is 10.3 Å². The highest BCUT2D eigenvalue weighted by atomic mass is 35.5. The van der Waals surface area contributed by atoms with Crippen molar-refractivity contribution in [2.45, 2.75) is 0 Å². The van der Waals surface area contributed by atoms with Gasteiger partial charge in [-0.25, -0.2) is 4.98 Å². The maximum Gasteiger partial charge on any atom is 0.242 e. The molecule has 1 heterocycles. The Morgan fingerprint density at radius 3 is 2.38 bits per heavy atom. The molecule has 0 radical (unpaired) electrons. The van der Waals surface area contributed by atoms with Crippen molar-refractivity contribution in [3.8, 4) is 22.8 Å². The molecule has 0 N–H and O–H groups in total. The van der Waals surface area contributed by atoms with Crippen LogP contribution in [0.3, 0.4) is 0 Å². The molecule has 0 unspecified atom stereocenters. The van der Waals surface area contributed by atoms with Crippen LogP contribution in [-0.4, -0.2) is 9.97 Å². The molecule has 2 aromatic carbocycles. The Bertz CT molecular complexity index is 763. The molecule has 5 heteroatoms. The SMILES string of the molecule is Clc1ncc(Cl)c(Oc2ccccc2-c2ccccc2)n1. The largest absolute Gasteiger partial charge is 0.437 e. The van der Waals surface area contributed by atoms with Crippen molar-refractivity contribution in [1.29, 1.82) is 0 Å². The summed E-state index contributed by atoms with van der Waals surface area (Å²) in [5, 5.41) is 0.397. The van der Waals surface area contributed by atoms with Crippen LogP contribution in [-0.2, 0) is 0 Å². The number of nitrogens with zero attached hydrogens (tertiary/aromatic N) is 2. The van der Waals surface area contributed by atoms with Crippen molar-refractivity contribution in [3.05, 3.63) is 71.1 Å². The quantitative estimate of drug-likeness (QED) is 0.619. The number of hydrogen-bond donors (Lipinski definition) is 0. The second kappa shape index (κ2) is 6.12. The van der Waals surface area contributed by atoms with E-state index in [9.17, 15) is 0 Å². The van der Waals surface area contributed by atoms with Crippen molar-refractivity contribution in [2.75, 3.05) is 0 Å². The van der Waals surface area contributed by atoms with Crippen molar-refractivity contribution in [1.82, 2.24) is 9.97 Å². The molecule has 1 aromatic heterocycles. The molecule has 0 saturated carbocycles. The molecule has 3 rings (SSSR count). The standard InChI is InChI=1S/C16H10Cl2N2O/c17-13-10-19-16(18)20-15(13)21-14-9-5-4-8-12(14)11-6-2-1-3-7-11/h1-10H. The molecule has 3 nitrogen and oxygen atoms in total. The third kappa shape index (κ3) is 3.15. The van der Waals surface area contributed by atoms with Crippen LogP contribution in [0.15, 0.2) is 60.8 Å². The van der Waals surface area contributed by atoms with E-state index in [0.717, 1.165) is 11.1 Å². The first-order chi connectivity index (χ1) is 10.2. The first kappa shape index (κ1) is 13.9. The third-order valence-electron chi connectivity index (χ3n) is 2.86. The molecule has 0 fully saturated rings. The van der Waals surface area contributed by atoms with Gasteiger partial charge in [0.1, 0.15) is 10.8 Å². The second-order valence-corrected chi connectivity index (χ2v) is 5.00. The van der Waals surface area contributed by atoms with Gasteiger partial charge >= 0.3 is 0 Å². The normalized spacial score (nSPS) is 10.4. The predicted molar refractivity (Wildman–Crippen MR) is 84.0 cm³/mol. The van der Waals surface area contributed by atoms with E-state index in [1.165, 1.54) is 6.20 Å². The van der Waals surface area contributed by atoms with E-state index >= 15 is 0 Å². The summed E-state index contributed by atoms with van der Waals surface area (Å²) in [6.07, 6.45) is 1.41. The molecular weight excluding hydrogens is 307 g/mol. The minimum absolute atomic E-state index is 0.0894. The zero-order valence-corrected chi connectivity index (χ0v) is 12.3. The number of ether oxygens (including phenoxy) is 1. The van der Waals surface area contributed by atoms with Gasteiger partial charge in [-0.05, 0) is 23.2 Å². The summed E-state index contributed by atoms with van der Waals surface area (Å²) >= 11 is 11.8. The maximum absolute atomic E-state index is 6.04. The Morgan fingerprint density at radius 2 is 1.57 bits per heavy atom. The molecule has 0 atom stereocenters. The first-order valence-corrected chi connectivity index (χ1v) is 7.00. The van der Waals surface area contributed by atoms with E-state index in [-0.39, 0.29) is 11.2 Å². The average molecular weight is 317 g/mol. The van der Waals surface area contributed by atoms with Crippen LogP contribution in [0.4, 0.5) is 0 Å². The van der Waals surface area contributed by atoms with E-state index in [2.05, 4.69) is 9.97 Å². The molecule has 0 spiro atoms. The monoisotopic (exact) mass is 316 g/mol. The first-order valence-electron chi connectivity index (χ1n) is 6.24. The van der Waals surface area contributed by atoms with Crippen molar-refractivity contribution >= 4 is 23.2 Å². The lowest BCUT2D eigenvalue weighted by Crippen LogP contribution is -1.93. The average Bonchev–Trinajstić information content (AvgIpc) is 2.52. The second-order valence-electron chi connectivity index (χ2n) is 4.26. The minimum Gasteiger partial charge on any atom is -0.437 e. The maximum atomic E-state index is 6.04. The molecule has 21 heavy (non-hydrogen) atoms. The lowest BCUT2D eigenvalue weighted by Gasteiger charge is -2.11. The lowest BCUT2D eigenvalue weighted by molar-refractivity contribution is 0.463. The Labute approximate surface area is 132 Å². The van der Waals surface area contributed by atoms with Gasteiger partial charge in [-0.3, -0.25) is 0 Å². The van der Waals surface area contributed by atoms with E-state index in [1.807, 2.05) is 54.6 Å². The van der Waals surface area contributed by atoms with Gasteiger partial charge < -0.3 is 4.74 Å². The van der Waals surface area contributed by atoms with Gasteiger partial charge in [-0.1, -0.05) is 60.1 Å². The Morgan fingerprint density at radius 1 is 0.857 bits per heavy atom. The number of halogens is 2. The molecule has 0 aliphatic rings. The van der Waals surface area contributed by atoms with Gasteiger partial charge in [0.15, 0.2) is 0 Å². The highest BCUT2D eigenvalue weighted by Gasteiger charge is 2.11. The Kier molecular flexibility index (Phi) is 4.04. The van der Waals surface area contributed by atoms with Crippen LogP contribution in [0.5, 0.6) is 11.6 Å².